The highest BCUT2D eigenvalue weighted by Crippen LogP contribution is 2.02. The molecule has 19 heavy (non-hydrogen) atoms. The lowest BCUT2D eigenvalue weighted by molar-refractivity contribution is 0.0227. The Kier molecular flexibility index (Phi) is 9.89. The third kappa shape index (κ3) is 9.10. The van der Waals surface area contributed by atoms with E-state index in [2.05, 4.69) is 11.6 Å². The summed E-state index contributed by atoms with van der Waals surface area (Å²) in [7, 11) is 0. The predicted octanol–water partition coefficient (Wildman–Crippen LogP) is 2.28. The monoisotopic (exact) mass is 287 g/mol. The van der Waals surface area contributed by atoms with E-state index in [1.807, 2.05) is 23.9 Å². The first-order valence-electron chi connectivity index (χ1n) is 6.80. The van der Waals surface area contributed by atoms with E-state index in [9.17, 15) is 5.11 Å². The Morgan fingerprint density at radius 2 is 2.32 bits per heavy atom. The average Bonchev–Trinajstić information content (AvgIpc) is 2.91. The lowest BCUT2D eigenvalue weighted by atomic mass is 10.2. The Bertz CT molecular complexity index is 293. The summed E-state index contributed by atoms with van der Waals surface area (Å²) >= 11 is 1.89. The van der Waals surface area contributed by atoms with Gasteiger partial charge < -0.3 is 19.6 Å². The normalized spacial score (nSPS) is 12.7. The van der Waals surface area contributed by atoms with Crippen molar-refractivity contribution in [1.29, 1.82) is 0 Å². The second kappa shape index (κ2) is 11.3. The van der Waals surface area contributed by atoms with Gasteiger partial charge in [0.2, 0.25) is 0 Å². The van der Waals surface area contributed by atoms with Gasteiger partial charge in [0.1, 0.15) is 12.4 Å². The van der Waals surface area contributed by atoms with Crippen molar-refractivity contribution in [3.05, 3.63) is 24.2 Å². The van der Waals surface area contributed by atoms with Crippen LogP contribution in [0.5, 0.6) is 0 Å². The summed E-state index contributed by atoms with van der Waals surface area (Å²) < 4.78 is 10.5. The van der Waals surface area contributed by atoms with Gasteiger partial charge in [-0.05, 0) is 43.5 Å². The molecular weight excluding hydrogens is 262 g/mol. The van der Waals surface area contributed by atoms with E-state index in [1.165, 1.54) is 25.0 Å². The van der Waals surface area contributed by atoms with Gasteiger partial charge in [-0.2, -0.15) is 11.8 Å². The molecule has 0 bridgehead atoms. The molecule has 5 heteroatoms. The Balaban J connectivity index is 1.86. The number of ether oxygens (including phenoxy) is 1. The van der Waals surface area contributed by atoms with Crippen molar-refractivity contribution >= 4 is 11.8 Å². The zero-order valence-corrected chi connectivity index (χ0v) is 12.5. The second-order valence-electron chi connectivity index (χ2n) is 4.51. The van der Waals surface area contributed by atoms with Gasteiger partial charge in [0.05, 0.1) is 19.0 Å². The van der Waals surface area contributed by atoms with Gasteiger partial charge in [-0.15, -0.1) is 0 Å². The molecule has 0 aliphatic heterocycles. The average molecular weight is 287 g/mol. The molecule has 0 saturated heterocycles. The molecule has 1 aromatic heterocycles. The second-order valence-corrected chi connectivity index (χ2v) is 5.49. The van der Waals surface area contributed by atoms with Gasteiger partial charge in [-0.3, -0.25) is 0 Å². The van der Waals surface area contributed by atoms with Crippen LogP contribution in [0.3, 0.4) is 0 Å². The summed E-state index contributed by atoms with van der Waals surface area (Å²) in [6.07, 6.45) is 6.99. The molecule has 2 N–H and O–H groups in total. The summed E-state index contributed by atoms with van der Waals surface area (Å²) in [5.74, 6) is 2.03. The summed E-state index contributed by atoms with van der Waals surface area (Å²) in [6, 6.07) is 3.69. The van der Waals surface area contributed by atoms with Crippen molar-refractivity contribution in [1.82, 2.24) is 5.32 Å². The Labute approximate surface area is 119 Å². The third-order valence-electron chi connectivity index (χ3n) is 2.72. The largest absolute Gasteiger partial charge is 0.467 e. The first-order valence-corrected chi connectivity index (χ1v) is 8.20. The number of hydrogen-bond acceptors (Lipinski definition) is 5. The van der Waals surface area contributed by atoms with E-state index >= 15 is 0 Å². The van der Waals surface area contributed by atoms with E-state index in [4.69, 9.17) is 9.15 Å². The van der Waals surface area contributed by atoms with E-state index in [-0.39, 0.29) is 0 Å². The van der Waals surface area contributed by atoms with Gasteiger partial charge in [-0.1, -0.05) is 6.42 Å². The smallest absolute Gasteiger partial charge is 0.129 e. The van der Waals surface area contributed by atoms with Crippen LogP contribution in [0.25, 0.3) is 0 Å². The quantitative estimate of drug-likeness (QED) is 0.578. The first kappa shape index (κ1) is 16.6. The molecule has 1 rings (SSSR count). The molecule has 0 radical (unpaired) electrons. The van der Waals surface area contributed by atoms with E-state index in [0.717, 1.165) is 12.3 Å². The fourth-order valence-corrected chi connectivity index (χ4v) is 2.18. The molecule has 0 saturated carbocycles. The molecular formula is C14H25NO3S. The molecule has 0 aromatic carbocycles. The fraction of sp³-hybridized carbons (Fsp3) is 0.714. The highest BCUT2D eigenvalue weighted by molar-refractivity contribution is 7.98. The van der Waals surface area contributed by atoms with Crippen LogP contribution in [-0.2, 0) is 11.3 Å². The number of thioether (sulfide) groups is 1. The van der Waals surface area contributed by atoms with Crippen molar-refractivity contribution in [2.45, 2.75) is 32.0 Å². The molecule has 1 heterocycles. The Morgan fingerprint density at radius 3 is 3.05 bits per heavy atom. The van der Waals surface area contributed by atoms with Crippen LogP contribution in [0.2, 0.25) is 0 Å². The molecule has 0 aliphatic rings. The summed E-state index contributed by atoms with van der Waals surface area (Å²) in [4.78, 5) is 0. The Morgan fingerprint density at radius 1 is 1.42 bits per heavy atom. The molecule has 0 amide bonds. The van der Waals surface area contributed by atoms with Crippen LogP contribution in [0.4, 0.5) is 0 Å². The van der Waals surface area contributed by atoms with Crippen LogP contribution in [-0.4, -0.2) is 42.9 Å². The lowest BCUT2D eigenvalue weighted by Crippen LogP contribution is -2.31. The van der Waals surface area contributed by atoms with Crippen LogP contribution in [0.15, 0.2) is 22.8 Å². The maximum absolute atomic E-state index is 9.70. The molecule has 4 nitrogen and oxygen atoms in total. The molecule has 0 spiro atoms. The number of nitrogens with one attached hydrogen (secondary N) is 1. The van der Waals surface area contributed by atoms with Crippen LogP contribution < -0.4 is 5.32 Å². The molecule has 1 atom stereocenters. The van der Waals surface area contributed by atoms with Crippen molar-refractivity contribution in [2.24, 2.45) is 0 Å². The molecule has 1 aromatic rings. The fourth-order valence-electron chi connectivity index (χ4n) is 1.69. The number of unbranched alkanes of at least 4 members (excludes halogenated alkanes) is 2. The van der Waals surface area contributed by atoms with Crippen molar-refractivity contribution < 1.29 is 14.3 Å². The molecule has 110 valence electrons. The molecule has 1 unspecified atom stereocenters. The minimum Gasteiger partial charge on any atom is -0.467 e. The summed E-state index contributed by atoms with van der Waals surface area (Å²) in [6.45, 7) is 2.29. The molecule has 0 aliphatic carbocycles. The van der Waals surface area contributed by atoms with Crippen LogP contribution >= 0.6 is 11.8 Å². The summed E-state index contributed by atoms with van der Waals surface area (Å²) in [5.41, 5.74) is 0. The first-order chi connectivity index (χ1) is 9.33. The summed E-state index contributed by atoms with van der Waals surface area (Å²) in [5, 5.41) is 12.9. The third-order valence-corrected chi connectivity index (χ3v) is 3.41. The topological polar surface area (TPSA) is 54.6 Å². The van der Waals surface area contributed by atoms with Gasteiger partial charge in [0.25, 0.3) is 0 Å². The highest BCUT2D eigenvalue weighted by Gasteiger charge is 2.04. The van der Waals surface area contributed by atoms with E-state index in [1.54, 1.807) is 6.26 Å². The van der Waals surface area contributed by atoms with Crippen molar-refractivity contribution in [3.63, 3.8) is 0 Å². The number of aliphatic hydroxyl groups is 1. The zero-order valence-electron chi connectivity index (χ0n) is 11.6. The number of aliphatic hydroxyl groups excluding tert-OH is 1. The minimum absolute atomic E-state index is 0.334. The molecule has 0 fully saturated rings. The number of hydrogen-bond donors (Lipinski definition) is 2. The predicted molar refractivity (Wildman–Crippen MR) is 79.5 cm³/mol. The minimum atomic E-state index is -0.457. The maximum atomic E-state index is 9.70. The van der Waals surface area contributed by atoms with Crippen LogP contribution in [0.1, 0.15) is 25.0 Å². The van der Waals surface area contributed by atoms with E-state index < -0.39 is 6.10 Å². The Hall–Kier alpha value is -0.490. The highest BCUT2D eigenvalue weighted by atomic mass is 32.2. The van der Waals surface area contributed by atoms with Crippen LogP contribution in [0, 0.1) is 0 Å². The van der Waals surface area contributed by atoms with E-state index in [0.29, 0.717) is 19.8 Å². The number of rotatable bonds is 12. The van der Waals surface area contributed by atoms with Gasteiger partial charge >= 0.3 is 0 Å². The van der Waals surface area contributed by atoms with Gasteiger partial charge in [0, 0.05) is 6.54 Å². The standard InChI is InChI=1S/C14H25NO3S/c1-19-9-4-2-3-7-15-10-13(16)11-17-12-14-6-5-8-18-14/h5-6,8,13,15-16H,2-4,7,9-12H2,1H3. The van der Waals surface area contributed by atoms with Crippen molar-refractivity contribution in [3.8, 4) is 0 Å². The maximum Gasteiger partial charge on any atom is 0.129 e. The number of furan rings is 1. The van der Waals surface area contributed by atoms with Gasteiger partial charge in [-0.25, -0.2) is 0 Å². The van der Waals surface area contributed by atoms with Gasteiger partial charge in [0.15, 0.2) is 0 Å². The SMILES string of the molecule is CSCCCCCNCC(O)COCc1ccco1. The van der Waals surface area contributed by atoms with Crippen molar-refractivity contribution in [2.75, 3.05) is 31.7 Å². The zero-order chi connectivity index (χ0) is 13.8. The lowest BCUT2D eigenvalue weighted by Gasteiger charge is -2.11.